The minimum Gasteiger partial charge on any atom is -0.324 e. The average Bonchev–Trinajstić information content (AvgIpc) is 2.13. The van der Waals surface area contributed by atoms with Crippen molar-refractivity contribution >= 4 is 21.7 Å². The third-order valence-electron chi connectivity index (χ3n) is 1.52. The molecule has 1 aromatic carbocycles. The van der Waals surface area contributed by atoms with E-state index < -0.39 is 17.4 Å². The van der Waals surface area contributed by atoms with Crippen LogP contribution >= 0.6 is 15.9 Å². The number of carbonyl (C=O) groups is 1. The fraction of sp³-hybridized carbons (Fsp3) is 0.125. The second kappa shape index (κ2) is 3.93. The van der Waals surface area contributed by atoms with E-state index in [0.717, 1.165) is 6.07 Å². The molecule has 0 aromatic heterocycles. The minimum atomic E-state index is -1.07. The van der Waals surface area contributed by atoms with Gasteiger partial charge in [-0.2, -0.15) is 0 Å². The molecular weight excluding hydrogens is 244 g/mol. The van der Waals surface area contributed by atoms with Crippen molar-refractivity contribution < 1.29 is 13.6 Å². The van der Waals surface area contributed by atoms with Gasteiger partial charge in [0.25, 0.3) is 0 Å². The van der Waals surface area contributed by atoms with Crippen LogP contribution in [0.5, 0.6) is 0 Å². The van der Waals surface area contributed by atoms with E-state index in [9.17, 15) is 13.6 Å². The van der Waals surface area contributed by atoms with E-state index in [1.54, 1.807) is 0 Å². The lowest BCUT2D eigenvalue weighted by atomic mass is 10.1. The molecule has 1 rings (SSSR count). The largest absolute Gasteiger partial charge is 0.324 e. The van der Waals surface area contributed by atoms with Crippen LogP contribution < -0.4 is 5.73 Å². The van der Waals surface area contributed by atoms with Crippen LogP contribution in [0.4, 0.5) is 8.78 Å². The Kier molecular flexibility index (Phi) is 3.11. The van der Waals surface area contributed by atoms with Gasteiger partial charge >= 0.3 is 0 Å². The normalized spacial score (nSPS) is 10.2. The van der Waals surface area contributed by atoms with Crippen molar-refractivity contribution in [1.82, 2.24) is 0 Å². The highest BCUT2D eigenvalue weighted by Crippen LogP contribution is 2.22. The van der Waals surface area contributed by atoms with Gasteiger partial charge in [0.15, 0.2) is 17.4 Å². The Hall–Kier alpha value is -0.810. The van der Waals surface area contributed by atoms with E-state index in [0.29, 0.717) is 0 Å². The highest BCUT2D eigenvalue weighted by molar-refractivity contribution is 9.10. The molecule has 0 saturated heterocycles. The van der Waals surface area contributed by atoms with Crippen molar-refractivity contribution in [3.05, 3.63) is 33.8 Å². The molecule has 13 heavy (non-hydrogen) atoms. The van der Waals surface area contributed by atoms with E-state index in [4.69, 9.17) is 5.73 Å². The Morgan fingerprint density at radius 2 is 2.08 bits per heavy atom. The quantitative estimate of drug-likeness (QED) is 0.643. The van der Waals surface area contributed by atoms with Crippen LogP contribution in [0.25, 0.3) is 0 Å². The van der Waals surface area contributed by atoms with E-state index >= 15 is 0 Å². The molecule has 0 aliphatic rings. The van der Waals surface area contributed by atoms with E-state index in [-0.39, 0.29) is 16.6 Å². The molecule has 0 aliphatic heterocycles. The molecule has 0 bridgehead atoms. The Bertz CT molecular complexity index is 354. The SMILES string of the molecule is NCC(=O)c1ccc(F)c(F)c1Br. The number of Topliss-reactive ketones (excluding diaryl/α,β-unsaturated/α-hetero) is 1. The molecule has 1 aromatic rings. The highest BCUT2D eigenvalue weighted by atomic mass is 79.9. The Labute approximate surface area is 81.9 Å². The number of hydrogen-bond donors (Lipinski definition) is 1. The Balaban J connectivity index is 3.26. The molecule has 70 valence electrons. The third-order valence-corrected chi connectivity index (χ3v) is 2.30. The number of hydrogen-bond acceptors (Lipinski definition) is 2. The van der Waals surface area contributed by atoms with Gasteiger partial charge in [-0.15, -0.1) is 0 Å². The topological polar surface area (TPSA) is 43.1 Å². The molecular formula is C8H6BrF2NO. The molecule has 0 heterocycles. The van der Waals surface area contributed by atoms with Crippen molar-refractivity contribution in [3.8, 4) is 0 Å². The van der Waals surface area contributed by atoms with Crippen LogP contribution in [-0.2, 0) is 0 Å². The number of carbonyl (C=O) groups excluding carboxylic acids is 1. The molecule has 0 unspecified atom stereocenters. The second-order valence-electron chi connectivity index (χ2n) is 2.35. The van der Waals surface area contributed by atoms with Gasteiger partial charge in [-0.1, -0.05) is 0 Å². The fourth-order valence-electron chi connectivity index (χ4n) is 0.851. The molecule has 2 nitrogen and oxygen atoms in total. The Morgan fingerprint density at radius 1 is 1.46 bits per heavy atom. The van der Waals surface area contributed by atoms with Crippen LogP contribution in [0.15, 0.2) is 16.6 Å². The summed E-state index contributed by atoms with van der Waals surface area (Å²) in [6.45, 7) is -0.232. The zero-order valence-electron chi connectivity index (χ0n) is 6.48. The van der Waals surface area contributed by atoms with Gasteiger partial charge in [0.05, 0.1) is 11.0 Å². The third kappa shape index (κ3) is 1.92. The first-order valence-corrected chi connectivity index (χ1v) is 4.24. The number of nitrogens with two attached hydrogens (primary N) is 1. The summed E-state index contributed by atoms with van der Waals surface area (Å²) in [5, 5.41) is 0. The maximum absolute atomic E-state index is 12.9. The fourth-order valence-corrected chi connectivity index (χ4v) is 1.39. The van der Waals surface area contributed by atoms with Crippen LogP contribution in [-0.4, -0.2) is 12.3 Å². The van der Waals surface area contributed by atoms with Gasteiger partial charge < -0.3 is 5.73 Å². The number of benzene rings is 1. The predicted octanol–water partition coefficient (Wildman–Crippen LogP) is 1.87. The van der Waals surface area contributed by atoms with Crippen LogP contribution in [0.2, 0.25) is 0 Å². The lowest BCUT2D eigenvalue weighted by molar-refractivity contribution is 0.1000. The first-order valence-electron chi connectivity index (χ1n) is 3.44. The summed E-state index contributed by atoms with van der Waals surface area (Å²) < 4.78 is 25.3. The molecule has 0 radical (unpaired) electrons. The summed E-state index contributed by atoms with van der Waals surface area (Å²) in [4.78, 5) is 11.1. The van der Waals surface area contributed by atoms with Gasteiger partial charge in [0.2, 0.25) is 0 Å². The van der Waals surface area contributed by atoms with E-state index in [2.05, 4.69) is 15.9 Å². The van der Waals surface area contributed by atoms with Crippen molar-refractivity contribution in [3.63, 3.8) is 0 Å². The van der Waals surface area contributed by atoms with Crippen molar-refractivity contribution in [1.29, 1.82) is 0 Å². The Morgan fingerprint density at radius 3 is 2.62 bits per heavy atom. The number of rotatable bonds is 2. The smallest absolute Gasteiger partial charge is 0.177 e. The minimum absolute atomic E-state index is 0.0569. The number of ketones is 1. The average molecular weight is 250 g/mol. The summed E-state index contributed by atoms with van der Waals surface area (Å²) in [6.07, 6.45) is 0. The monoisotopic (exact) mass is 249 g/mol. The second-order valence-corrected chi connectivity index (χ2v) is 3.14. The van der Waals surface area contributed by atoms with Crippen molar-refractivity contribution in [2.24, 2.45) is 5.73 Å². The molecule has 0 amide bonds. The summed E-state index contributed by atoms with van der Waals surface area (Å²) in [7, 11) is 0. The maximum atomic E-state index is 12.9. The molecule has 0 aliphatic carbocycles. The summed E-state index contributed by atoms with van der Waals surface area (Å²) in [6, 6.07) is 2.08. The molecule has 0 saturated carbocycles. The predicted molar refractivity (Wildman–Crippen MR) is 47.4 cm³/mol. The van der Waals surface area contributed by atoms with Gasteiger partial charge in [0.1, 0.15) is 0 Å². The van der Waals surface area contributed by atoms with E-state index in [1.807, 2.05) is 0 Å². The molecule has 0 fully saturated rings. The first-order chi connectivity index (χ1) is 6.07. The van der Waals surface area contributed by atoms with Crippen LogP contribution in [0.3, 0.4) is 0 Å². The van der Waals surface area contributed by atoms with Crippen LogP contribution in [0, 0.1) is 11.6 Å². The summed E-state index contributed by atoms with van der Waals surface area (Å²) in [5.74, 6) is -2.51. The van der Waals surface area contributed by atoms with Gasteiger partial charge in [0, 0.05) is 5.56 Å². The van der Waals surface area contributed by atoms with Crippen LogP contribution in [0.1, 0.15) is 10.4 Å². The lowest BCUT2D eigenvalue weighted by Gasteiger charge is -2.02. The first kappa shape index (κ1) is 10.3. The van der Waals surface area contributed by atoms with Gasteiger partial charge in [-0.05, 0) is 28.1 Å². The molecule has 0 spiro atoms. The zero-order chi connectivity index (χ0) is 10.0. The van der Waals surface area contributed by atoms with Crippen molar-refractivity contribution in [2.75, 3.05) is 6.54 Å². The standard InChI is InChI=1S/C8H6BrF2NO/c9-7-4(6(13)3-12)1-2-5(10)8(7)11/h1-2H,3,12H2. The highest BCUT2D eigenvalue weighted by Gasteiger charge is 2.14. The lowest BCUT2D eigenvalue weighted by Crippen LogP contribution is -2.14. The maximum Gasteiger partial charge on any atom is 0.177 e. The summed E-state index contributed by atoms with van der Waals surface area (Å²) in [5.41, 5.74) is 5.13. The molecule has 0 atom stereocenters. The van der Waals surface area contributed by atoms with Gasteiger partial charge in [-0.3, -0.25) is 4.79 Å². The molecule has 2 N–H and O–H groups in total. The molecule has 5 heteroatoms. The summed E-state index contributed by atoms with van der Waals surface area (Å²) >= 11 is 2.78. The van der Waals surface area contributed by atoms with Gasteiger partial charge in [-0.25, -0.2) is 8.78 Å². The van der Waals surface area contributed by atoms with Crippen molar-refractivity contribution in [2.45, 2.75) is 0 Å². The van der Waals surface area contributed by atoms with E-state index in [1.165, 1.54) is 6.07 Å². The number of halogens is 3. The zero-order valence-corrected chi connectivity index (χ0v) is 8.07.